The lowest BCUT2D eigenvalue weighted by atomic mass is 9.87. The first-order valence-electron chi connectivity index (χ1n) is 5.36. The molecule has 0 saturated heterocycles. The Bertz CT molecular complexity index is 314. The van der Waals surface area contributed by atoms with Crippen LogP contribution in [0, 0.1) is 5.41 Å². The molecule has 3 nitrogen and oxygen atoms in total. The first-order valence-corrected chi connectivity index (χ1v) is 5.36. The Hall–Kier alpha value is -0.830. The molecule has 1 heterocycles. The van der Waals surface area contributed by atoms with Crippen molar-refractivity contribution in [3.63, 3.8) is 0 Å². The Morgan fingerprint density at radius 2 is 2.43 bits per heavy atom. The van der Waals surface area contributed by atoms with Crippen LogP contribution in [-0.2, 0) is 6.54 Å². The summed E-state index contributed by atoms with van der Waals surface area (Å²) >= 11 is 0. The molecule has 1 unspecified atom stereocenters. The fourth-order valence-corrected chi connectivity index (χ4v) is 2.59. The molecule has 1 atom stereocenters. The van der Waals surface area contributed by atoms with Crippen LogP contribution in [0.15, 0.2) is 12.5 Å². The van der Waals surface area contributed by atoms with Gasteiger partial charge < -0.3 is 10.3 Å². The van der Waals surface area contributed by atoms with Crippen LogP contribution in [0.2, 0.25) is 0 Å². The van der Waals surface area contributed by atoms with Crippen molar-refractivity contribution in [2.75, 3.05) is 0 Å². The lowest BCUT2D eigenvalue weighted by Gasteiger charge is -2.29. The van der Waals surface area contributed by atoms with Gasteiger partial charge in [-0.15, -0.1) is 0 Å². The summed E-state index contributed by atoms with van der Waals surface area (Å²) in [6.45, 7) is 5.27. The highest BCUT2D eigenvalue weighted by atomic mass is 15.1. The Morgan fingerprint density at radius 3 is 3.00 bits per heavy atom. The van der Waals surface area contributed by atoms with Gasteiger partial charge in [-0.25, -0.2) is 4.98 Å². The molecule has 1 fully saturated rings. The van der Waals surface area contributed by atoms with Gasteiger partial charge in [0.25, 0.3) is 0 Å². The van der Waals surface area contributed by atoms with Gasteiger partial charge in [0.1, 0.15) is 0 Å². The van der Waals surface area contributed by atoms with E-state index in [4.69, 9.17) is 5.73 Å². The van der Waals surface area contributed by atoms with E-state index in [1.54, 1.807) is 0 Å². The van der Waals surface area contributed by atoms with Crippen LogP contribution in [0.25, 0.3) is 0 Å². The summed E-state index contributed by atoms with van der Waals surface area (Å²) in [5.74, 6) is 0. The van der Waals surface area contributed by atoms with E-state index in [0.29, 0.717) is 18.0 Å². The number of aromatic nitrogens is 2. The Labute approximate surface area is 85.3 Å². The zero-order chi connectivity index (χ0) is 10.2. The number of imidazole rings is 1. The minimum Gasteiger partial charge on any atom is -0.330 e. The Morgan fingerprint density at radius 1 is 1.64 bits per heavy atom. The highest BCUT2D eigenvalue weighted by molar-refractivity contribution is 5.03. The molecule has 1 saturated carbocycles. The van der Waals surface area contributed by atoms with E-state index >= 15 is 0 Å². The van der Waals surface area contributed by atoms with Crippen LogP contribution >= 0.6 is 0 Å². The van der Waals surface area contributed by atoms with Crippen LogP contribution in [0.4, 0.5) is 0 Å². The van der Waals surface area contributed by atoms with Crippen molar-refractivity contribution in [3.8, 4) is 0 Å². The van der Waals surface area contributed by atoms with E-state index in [9.17, 15) is 0 Å². The third kappa shape index (κ3) is 1.46. The summed E-state index contributed by atoms with van der Waals surface area (Å²) < 4.78 is 2.27. The van der Waals surface area contributed by atoms with Crippen LogP contribution in [0.3, 0.4) is 0 Å². The molecular weight excluding hydrogens is 174 g/mol. The number of hydrogen-bond acceptors (Lipinski definition) is 2. The average molecular weight is 193 g/mol. The van der Waals surface area contributed by atoms with Gasteiger partial charge in [-0.3, -0.25) is 0 Å². The third-order valence-corrected chi connectivity index (χ3v) is 3.49. The standard InChI is InChI=1S/C11H19N3/c1-11(2)5-3-4-10(11)14-8-13-7-9(14)6-12/h7-8,10H,3-6,12H2,1-2H3. The number of nitrogens with two attached hydrogens (primary N) is 1. The maximum absolute atomic E-state index is 5.69. The highest BCUT2D eigenvalue weighted by Crippen LogP contribution is 2.46. The fourth-order valence-electron chi connectivity index (χ4n) is 2.59. The van der Waals surface area contributed by atoms with Crippen LogP contribution < -0.4 is 5.73 Å². The SMILES string of the molecule is CC1(C)CCCC1n1cncc1CN. The third-order valence-electron chi connectivity index (χ3n) is 3.49. The van der Waals surface area contributed by atoms with Gasteiger partial charge in [0.15, 0.2) is 0 Å². The monoisotopic (exact) mass is 193 g/mol. The maximum Gasteiger partial charge on any atom is 0.0951 e. The highest BCUT2D eigenvalue weighted by Gasteiger charge is 2.36. The van der Waals surface area contributed by atoms with Crippen molar-refractivity contribution >= 4 is 0 Å². The van der Waals surface area contributed by atoms with E-state index < -0.39 is 0 Å². The summed E-state index contributed by atoms with van der Waals surface area (Å²) in [5.41, 5.74) is 7.24. The molecule has 0 spiro atoms. The van der Waals surface area contributed by atoms with Crippen molar-refractivity contribution in [1.29, 1.82) is 0 Å². The van der Waals surface area contributed by atoms with E-state index in [0.717, 1.165) is 5.69 Å². The average Bonchev–Trinajstić information content (AvgIpc) is 2.69. The minimum atomic E-state index is 0.393. The molecule has 2 N–H and O–H groups in total. The zero-order valence-corrected chi connectivity index (χ0v) is 9.03. The predicted molar refractivity (Wildman–Crippen MR) is 56.8 cm³/mol. The molecule has 0 radical (unpaired) electrons. The number of rotatable bonds is 2. The van der Waals surface area contributed by atoms with Crippen molar-refractivity contribution in [1.82, 2.24) is 9.55 Å². The first-order chi connectivity index (χ1) is 6.65. The molecule has 14 heavy (non-hydrogen) atoms. The largest absolute Gasteiger partial charge is 0.330 e. The van der Waals surface area contributed by atoms with Gasteiger partial charge in [0.2, 0.25) is 0 Å². The van der Waals surface area contributed by atoms with Crippen LogP contribution in [0.5, 0.6) is 0 Å². The summed E-state index contributed by atoms with van der Waals surface area (Å²) in [7, 11) is 0. The van der Waals surface area contributed by atoms with Crippen molar-refractivity contribution in [2.45, 2.75) is 45.7 Å². The van der Waals surface area contributed by atoms with Crippen LogP contribution in [-0.4, -0.2) is 9.55 Å². The zero-order valence-electron chi connectivity index (χ0n) is 9.03. The Balaban J connectivity index is 2.30. The summed E-state index contributed by atoms with van der Waals surface area (Å²) in [4.78, 5) is 4.19. The fraction of sp³-hybridized carbons (Fsp3) is 0.727. The molecule has 0 bridgehead atoms. The van der Waals surface area contributed by atoms with Crippen molar-refractivity contribution in [3.05, 3.63) is 18.2 Å². The van der Waals surface area contributed by atoms with E-state index in [1.807, 2.05) is 12.5 Å². The van der Waals surface area contributed by atoms with E-state index in [1.165, 1.54) is 19.3 Å². The van der Waals surface area contributed by atoms with E-state index in [2.05, 4.69) is 23.4 Å². The number of hydrogen-bond donors (Lipinski definition) is 1. The van der Waals surface area contributed by atoms with Gasteiger partial charge in [-0.2, -0.15) is 0 Å². The summed E-state index contributed by atoms with van der Waals surface area (Å²) in [6, 6.07) is 0.587. The molecule has 2 rings (SSSR count). The normalized spacial score (nSPS) is 25.5. The second kappa shape index (κ2) is 3.39. The molecule has 1 aromatic heterocycles. The van der Waals surface area contributed by atoms with Gasteiger partial charge >= 0.3 is 0 Å². The smallest absolute Gasteiger partial charge is 0.0951 e. The molecule has 0 aromatic carbocycles. The van der Waals surface area contributed by atoms with Crippen LogP contribution in [0.1, 0.15) is 44.8 Å². The molecule has 1 aliphatic carbocycles. The van der Waals surface area contributed by atoms with Crippen molar-refractivity contribution < 1.29 is 0 Å². The number of nitrogens with zero attached hydrogens (tertiary/aromatic N) is 2. The minimum absolute atomic E-state index is 0.393. The van der Waals surface area contributed by atoms with Gasteiger partial charge in [0, 0.05) is 18.8 Å². The lowest BCUT2D eigenvalue weighted by Crippen LogP contribution is -2.23. The van der Waals surface area contributed by atoms with Gasteiger partial charge in [-0.05, 0) is 18.3 Å². The molecule has 1 aliphatic rings. The second-order valence-corrected chi connectivity index (χ2v) is 4.89. The molecular formula is C11H19N3. The molecule has 0 aliphatic heterocycles. The molecule has 78 valence electrons. The summed E-state index contributed by atoms with van der Waals surface area (Å²) in [5, 5.41) is 0. The second-order valence-electron chi connectivity index (χ2n) is 4.89. The lowest BCUT2D eigenvalue weighted by molar-refractivity contribution is 0.256. The van der Waals surface area contributed by atoms with Crippen molar-refractivity contribution in [2.24, 2.45) is 11.1 Å². The predicted octanol–water partition coefficient (Wildman–Crippen LogP) is 2.09. The topological polar surface area (TPSA) is 43.8 Å². The van der Waals surface area contributed by atoms with E-state index in [-0.39, 0.29) is 0 Å². The Kier molecular flexibility index (Phi) is 2.35. The van der Waals surface area contributed by atoms with Gasteiger partial charge in [-0.1, -0.05) is 20.3 Å². The molecule has 0 amide bonds. The van der Waals surface area contributed by atoms with Gasteiger partial charge in [0.05, 0.1) is 12.0 Å². The quantitative estimate of drug-likeness (QED) is 0.781. The maximum atomic E-state index is 5.69. The summed E-state index contributed by atoms with van der Waals surface area (Å²) in [6.07, 6.45) is 7.70. The molecule has 3 heteroatoms. The first kappa shape index (κ1) is 9.71. The molecule has 1 aromatic rings.